The highest BCUT2D eigenvalue weighted by molar-refractivity contribution is 5.95. The van der Waals surface area contributed by atoms with Gasteiger partial charge in [-0.25, -0.2) is 4.39 Å². The third-order valence-corrected chi connectivity index (χ3v) is 6.66. The molecule has 3 aromatic rings. The number of carboxylic acids is 1. The summed E-state index contributed by atoms with van der Waals surface area (Å²) in [4.78, 5) is 29.3. The molecule has 2 aromatic carbocycles. The van der Waals surface area contributed by atoms with Gasteiger partial charge in [-0.2, -0.15) is 18.4 Å². The number of carboxylic acid groups (broad SMARTS) is 1. The first-order valence-corrected chi connectivity index (χ1v) is 11.4. The Balaban J connectivity index is 1.57. The molecule has 6 nitrogen and oxygen atoms in total. The number of alkyl halides is 3. The first kappa shape index (κ1) is 25.8. The predicted molar refractivity (Wildman–Crippen MR) is 126 cm³/mol. The second-order valence-corrected chi connectivity index (χ2v) is 8.84. The number of carbonyl (C=O) groups excluding carboxylic acids is 1. The Morgan fingerprint density at radius 3 is 2.43 bits per heavy atom. The van der Waals surface area contributed by atoms with Gasteiger partial charge in [-0.05, 0) is 54.2 Å². The molecule has 37 heavy (non-hydrogen) atoms. The van der Waals surface area contributed by atoms with E-state index in [1.54, 1.807) is 36.5 Å². The lowest BCUT2D eigenvalue weighted by atomic mass is 9.69. The van der Waals surface area contributed by atoms with Crippen LogP contribution in [0.5, 0.6) is 0 Å². The second kappa shape index (κ2) is 10.4. The highest BCUT2D eigenvalue weighted by Crippen LogP contribution is 2.43. The molecule has 10 heteroatoms. The van der Waals surface area contributed by atoms with Crippen LogP contribution in [-0.2, 0) is 15.8 Å². The van der Waals surface area contributed by atoms with E-state index in [4.69, 9.17) is 0 Å². The fourth-order valence-corrected chi connectivity index (χ4v) is 4.86. The standard InChI is InChI=1S/C27H21F4N3O3/c28-22-12-18(27(29,30)31)8-9-23(22)34-25(35)20-3-1-2-19(24(20)26(36)37)15-4-6-16(7-5-15)21-14-33-11-10-17(21)13-32/h4-12,14,19-20,24H,1-3H2,(H,34,35)(H,36,37)/t19-,20-,24+/m0/s1. The number of carbonyl (C=O) groups is 2. The average molecular weight is 511 g/mol. The van der Waals surface area contributed by atoms with Crippen LogP contribution in [0.2, 0.25) is 0 Å². The topological polar surface area (TPSA) is 103 Å². The molecule has 0 unspecified atom stereocenters. The molecular formula is C27H21F4N3O3. The lowest BCUT2D eigenvalue weighted by Crippen LogP contribution is -2.40. The molecule has 1 aliphatic rings. The Morgan fingerprint density at radius 1 is 1.08 bits per heavy atom. The third-order valence-electron chi connectivity index (χ3n) is 6.66. The number of hydrogen-bond acceptors (Lipinski definition) is 4. The number of hydrogen-bond donors (Lipinski definition) is 2. The van der Waals surface area contributed by atoms with E-state index in [9.17, 15) is 37.5 Å². The zero-order chi connectivity index (χ0) is 26.7. The monoisotopic (exact) mass is 511 g/mol. The summed E-state index contributed by atoms with van der Waals surface area (Å²) in [6.07, 6.45) is -0.388. The van der Waals surface area contributed by atoms with Crippen LogP contribution in [0.15, 0.2) is 60.9 Å². The number of nitrogens with one attached hydrogen (secondary N) is 1. The Kier molecular flexibility index (Phi) is 7.25. The number of rotatable bonds is 5. The molecule has 0 bridgehead atoms. The number of anilines is 1. The fraction of sp³-hybridized carbons (Fsp3) is 0.259. The molecule has 1 heterocycles. The van der Waals surface area contributed by atoms with E-state index >= 15 is 0 Å². The van der Waals surface area contributed by atoms with E-state index in [-0.39, 0.29) is 12.5 Å². The maximum absolute atomic E-state index is 14.3. The Morgan fingerprint density at radius 2 is 1.81 bits per heavy atom. The number of amides is 1. The van der Waals surface area contributed by atoms with Gasteiger partial charge in [-0.3, -0.25) is 14.6 Å². The normalized spacial score (nSPS) is 19.6. The van der Waals surface area contributed by atoms with Crippen molar-refractivity contribution >= 4 is 17.6 Å². The average Bonchev–Trinajstić information content (AvgIpc) is 2.88. The molecule has 190 valence electrons. The molecule has 3 atom stereocenters. The van der Waals surface area contributed by atoms with Crippen LogP contribution in [0.4, 0.5) is 23.2 Å². The minimum atomic E-state index is -4.74. The second-order valence-electron chi connectivity index (χ2n) is 8.84. The van der Waals surface area contributed by atoms with E-state index < -0.39 is 52.9 Å². The quantitative estimate of drug-likeness (QED) is 0.409. The van der Waals surface area contributed by atoms with E-state index in [1.807, 2.05) is 0 Å². The van der Waals surface area contributed by atoms with E-state index in [1.165, 1.54) is 6.20 Å². The molecule has 1 saturated carbocycles. The fourth-order valence-electron chi connectivity index (χ4n) is 4.86. The van der Waals surface area contributed by atoms with Crippen LogP contribution in [0.3, 0.4) is 0 Å². The third kappa shape index (κ3) is 5.45. The molecule has 1 aliphatic carbocycles. The van der Waals surface area contributed by atoms with Gasteiger partial charge in [0.05, 0.1) is 34.7 Å². The molecule has 0 radical (unpaired) electrons. The molecule has 0 spiro atoms. The van der Waals surface area contributed by atoms with Crippen molar-refractivity contribution in [2.75, 3.05) is 5.32 Å². The van der Waals surface area contributed by atoms with Crippen molar-refractivity contribution in [1.29, 1.82) is 5.26 Å². The summed E-state index contributed by atoms with van der Waals surface area (Å²) in [6.45, 7) is 0. The van der Waals surface area contributed by atoms with Crippen LogP contribution in [0, 0.1) is 29.0 Å². The summed E-state index contributed by atoms with van der Waals surface area (Å²) < 4.78 is 52.7. The van der Waals surface area contributed by atoms with Crippen molar-refractivity contribution in [3.05, 3.63) is 83.4 Å². The number of aliphatic carboxylic acids is 1. The van der Waals surface area contributed by atoms with Gasteiger partial charge in [-0.15, -0.1) is 0 Å². The maximum Gasteiger partial charge on any atom is 0.416 e. The van der Waals surface area contributed by atoms with Gasteiger partial charge < -0.3 is 10.4 Å². The van der Waals surface area contributed by atoms with Crippen LogP contribution < -0.4 is 5.32 Å². The van der Waals surface area contributed by atoms with Gasteiger partial charge in [-0.1, -0.05) is 30.7 Å². The lowest BCUT2D eigenvalue weighted by molar-refractivity contribution is -0.148. The van der Waals surface area contributed by atoms with E-state index in [0.29, 0.717) is 35.6 Å². The van der Waals surface area contributed by atoms with E-state index in [0.717, 1.165) is 11.6 Å². The Hall–Kier alpha value is -4.26. The predicted octanol–water partition coefficient (Wildman–Crippen LogP) is 6.00. The van der Waals surface area contributed by atoms with Crippen LogP contribution in [-0.4, -0.2) is 22.0 Å². The van der Waals surface area contributed by atoms with Gasteiger partial charge in [0, 0.05) is 18.0 Å². The summed E-state index contributed by atoms with van der Waals surface area (Å²) in [6, 6.07) is 12.5. The molecule has 0 saturated heterocycles. The molecule has 0 aliphatic heterocycles. The Labute approximate surface area is 209 Å². The Bertz CT molecular complexity index is 1370. The van der Waals surface area contributed by atoms with Crippen molar-refractivity contribution < 1.29 is 32.3 Å². The molecule has 1 aromatic heterocycles. The van der Waals surface area contributed by atoms with Crippen molar-refractivity contribution in [1.82, 2.24) is 4.98 Å². The maximum atomic E-state index is 14.3. The first-order valence-electron chi connectivity index (χ1n) is 11.4. The minimum absolute atomic E-state index is 0.237. The molecule has 1 amide bonds. The number of nitrogens with zero attached hydrogens (tertiary/aromatic N) is 2. The van der Waals surface area contributed by atoms with Crippen molar-refractivity contribution in [2.24, 2.45) is 11.8 Å². The highest BCUT2D eigenvalue weighted by Gasteiger charge is 2.43. The van der Waals surface area contributed by atoms with Gasteiger partial charge in [0.1, 0.15) is 5.82 Å². The number of halogens is 4. The molecule has 4 rings (SSSR count). The van der Waals surface area contributed by atoms with E-state index in [2.05, 4.69) is 16.4 Å². The first-order chi connectivity index (χ1) is 17.6. The summed E-state index contributed by atoms with van der Waals surface area (Å²) in [5, 5.41) is 21.6. The summed E-state index contributed by atoms with van der Waals surface area (Å²) in [7, 11) is 0. The molecule has 1 fully saturated rings. The largest absolute Gasteiger partial charge is 0.481 e. The number of pyridine rings is 1. The zero-order valence-corrected chi connectivity index (χ0v) is 19.3. The SMILES string of the molecule is N#Cc1ccncc1-c1ccc([C@@H]2CCC[C@H](C(=O)Nc3ccc(C(F)(F)F)cc3F)[C@@H]2C(=O)O)cc1. The van der Waals surface area contributed by atoms with Crippen LogP contribution in [0.1, 0.15) is 41.9 Å². The van der Waals surface area contributed by atoms with Crippen molar-refractivity contribution in [2.45, 2.75) is 31.4 Å². The van der Waals surface area contributed by atoms with Crippen LogP contribution in [0.25, 0.3) is 11.1 Å². The zero-order valence-electron chi connectivity index (χ0n) is 19.3. The summed E-state index contributed by atoms with van der Waals surface area (Å²) in [5.41, 5.74) is 0.848. The van der Waals surface area contributed by atoms with Gasteiger partial charge in [0.2, 0.25) is 5.91 Å². The summed E-state index contributed by atoms with van der Waals surface area (Å²) >= 11 is 0. The number of aromatic nitrogens is 1. The molecular weight excluding hydrogens is 490 g/mol. The highest BCUT2D eigenvalue weighted by atomic mass is 19.4. The number of benzene rings is 2. The molecule has 2 N–H and O–H groups in total. The lowest BCUT2D eigenvalue weighted by Gasteiger charge is -2.35. The van der Waals surface area contributed by atoms with Gasteiger partial charge in [0.25, 0.3) is 0 Å². The van der Waals surface area contributed by atoms with Crippen molar-refractivity contribution in [3.63, 3.8) is 0 Å². The number of nitriles is 1. The van der Waals surface area contributed by atoms with Gasteiger partial charge in [0.15, 0.2) is 0 Å². The minimum Gasteiger partial charge on any atom is -0.481 e. The van der Waals surface area contributed by atoms with Gasteiger partial charge >= 0.3 is 12.1 Å². The van der Waals surface area contributed by atoms with Crippen molar-refractivity contribution in [3.8, 4) is 17.2 Å². The smallest absolute Gasteiger partial charge is 0.416 e. The summed E-state index contributed by atoms with van der Waals surface area (Å²) in [5.74, 6) is -5.86. The van der Waals surface area contributed by atoms with Crippen LogP contribution >= 0.6 is 0 Å².